The van der Waals surface area contributed by atoms with E-state index >= 15 is 0 Å². The van der Waals surface area contributed by atoms with Gasteiger partial charge in [0.15, 0.2) is 0 Å². The molecular weight excluding hydrogens is 256 g/mol. The van der Waals surface area contributed by atoms with Crippen molar-refractivity contribution in [1.29, 1.82) is 0 Å². The normalized spacial score (nSPS) is 10.8. The summed E-state index contributed by atoms with van der Waals surface area (Å²) < 4.78 is 5.06. The third-order valence-corrected chi connectivity index (χ3v) is 3.02. The topological polar surface area (TPSA) is 12.5 Å². The second kappa shape index (κ2) is 5.80. The van der Waals surface area contributed by atoms with Crippen molar-refractivity contribution in [3.05, 3.63) is 27.7 Å². The Morgan fingerprint density at radius 3 is 2.47 bits per heavy atom. The summed E-state index contributed by atoms with van der Waals surface area (Å²) in [6, 6.07) is 3.95. The van der Waals surface area contributed by atoms with Crippen LogP contribution in [0, 0.1) is 0 Å². The van der Waals surface area contributed by atoms with Gasteiger partial charge in [0.1, 0.15) is 5.75 Å². The minimum Gasteiger partial charge on any atom is -0.495 e. The van der Waals surface area contributed by atoms with Gasteiger partial charge >= 0.3 is 0 Å². The van der Waals surface area contributed by atoms with Gasteiger partial charge in [-0.25, -0.2) is 0 Å². The van der Waals surface area contributed by atoms with Gasteiger partial charge in [-0.2, -0.15) is 0 Å². The summed E-state index contributed by atoms with van der Waals surface area (Å²) in [6.45, 7) is 0.659. The Morgan fingerprint density at radius 1 is 1.27 bits per heavy atom. The van der Waals surface area contributed by atoms with Crippen LogP contribution in [0.2, 0.25) is 10.0 Å². The van der Waals surface area contributed by atoms with Crippen molar-refractivity contribution in [3.8, 4) is 5.75 Å². The predicted molar refractivity (Wildman–Crippen MR) is 65.2 cm³/mol. The first-order valence-corrected chi connectivity index (χ1v) is 5.64. The quantitative estimate of drug-likeness (QED) is 0.611. The number of rotatable bonds is 4. The van der Waals surface area contributed by atoms with Crippen molar-refractivity contribution >= 4 is 34.8 Å². The number of nitrogens with zero attached hydrogens (tertiary/aromatic N) is 1. The van der Waals surface area contributed by atoms with Crippen LogP contribution in [0.1, 0.15) is 5.56 Å². The van der Waals surface area contributed by atoms with Crippen molar-refractivity contribution in [2.75, 3.05) is 20.2 Å². The summed E-state index contributed by atoms with van der Waals surface area (Å²) >= 11 is 17.7. The molecule has 1 aromatic carbocycles. The van der Waals surface area contributed by atoms with Crippen LogP contribution in [0.3, 0.4) is 0 Å². The molecule has 15 heavy (non-hydrogen) atoms. The van der Waals surface area contributed by atoms with Crippen LogP contribution < -0.4 is 4.74 Å². The third-order valence-electron chi connectivity index (χ3n) is 1.97. The van der Waals surface area contributed by atoms with E-state index in [1.165, 1.54) is 0 Å². The Bertz CT molecular complexity index is 344. The smallest absolute Gasteiger partial charge is 0.138 e. The molecule has 1 aromatic rings. The molecule has 0 saturated heterocycles. The van der Waals surface area contributed by atoms with Gasteiger partial charge in [0.05, 0.1) is 18.1 Å². The Hall–Kier alpha value is -0.150. The van der Waals surface area contributed by atoms with Gasteiger partial charge in [0.2, 0.25) is 0 Å². The molecule has 0 aliphatic carbocycles. The van der Waals surface area contributed by atoms with Gasteiger partial charge in [0, 0.05) is 17.6 Å². The van der Waals surface area contributed by atoms with Crippen LogP contribution in [0.4, 0.5) is 0 Å². The Kier molecular flexibility index (Phi) is 5.00. The second-order valence-electron chi connectivity index (χ2n) is 3.21. The van der Waals surface area contributed by atoms with Crippen molar-refractivity contribution in [2.45, 2.75) is 6.54 Å². The fourth-order valence-corrected chi connectivity index (χ4v) is 1.74. The fraction of sp³-hybridized carbons (Fsp3) is 0.400. The van der Waals surface area contributed by atoms with Crippen LogP contribution in [-0.2, 0) is 6.54 Å². The van der Waals surface area contributed by atoms with E-state index in [9.17, 15) is 0 Å². The zero-order valence-electron chi connectivity index (χ0n) is 8.56. The first-order valence-electron chi connectivity index (χ1n) is 4.35. The van der Waals surface area contributed by atoms with E-state index in [2.05, 4.69) is 0 Å². The number of ether oxygens (including phenoxy) is 1. The molecule has 5 heteroatoms. The second-order valence-corrected chi connectivity index (χ2v) is 4.27. The largest absolute Gasteiger partial charge is 0.495 e. The van der Waals surface area contributed by atoms with E-state index in [0.29, 0.717) is 28.3 Å². The Labute approximate surface area is 105 Å². The zero-order valence-corrected chi connectivity index (χ0v) is 10.8. The molecule has 2 nitrogen and oxygen atoms in total. The number of benzene rings is 1. The van der Waals surface area contributed by atoms with Crippen molar-refractivity contribution in [2.24, 2.45) is 0 Å². The zero-order chi connectivity index (χ0) is 11.4. The molecule has 0 spiro atoms. The molecule has 0 aliphatic heterocycles. The molecule has 0 fully saturated rings. The van der Waals surface area contributed by atoms with Crippen LogP contribution >= 0.6 is 34.8 Å². The summed E-state index contributed by atoms with van der Waals surface area (Å²) in [7, 11) is 3.46. The number of hydrogen-bond donors (Lipinski definition) is 0. The molecule has 84 valence electrons. The lowest BCUT2D eigenvalue weighted by atomic mass is 10.2. The monoisotopic (exact) mass is 267 g/mol. The van der Waals surface area contributed by atoms with Crippen LogP contribution in [-0.4, -0.2) is 25.1 Å². The van der Waals surface area contributed by atoms with Crippen molar-refractivity contribution in [3.63, 3.8) is 0 Å². The van der Waals surface area contributed by atoms with E-state index < -0.39 is 0 Å². The summed E-state index contributed by atoms with van der Waals surface area (Å²) in [6.07, 6.45) is 0. The number of hydrogen-bond acceptors (Lipinski definition) is 2. The minimum absolute atomic E-state index is 0.444. The molecule has 0 unspecified atom stereocenters. The molecule has 0 amide bonds. The van der Waals surface area contributed by atoms with Gasteiger partial charge < -0.3 is 4.74 Å². The van der Waals surface area contributed by atoms with Gasteiger partial charge in [-0.15, -0.1) is 11.6 Å². The summed E-state index contributed by atoms with van der Waals surface area (Å²) in [5, 5.41) is 1.19. The molecule has 0 radical (unpaired) electrons. The van der Waals surface area contributed by atoms with Gasteiger partial charge in [-0.3, -0.25) is 4.90 Å². The SMILES string of the molecule is COc1cc(Cl)c(CN(C)CCl)cc1Cl. The van der Waals surface area contributed by atoms with Gasteiger partial charge in [0.25, 0.3) is 0 Å². The Balaban J connectivity index is 2.95. The molecule has 0 aromatic heterocycles. The maximum Gasteiger partial charge on any atom is 0.138 e. The average Bonchev–Trinajstić information content (AvgIpc) is 2.22. The molecule has 0 saturated carbocycles. The lowest BCUT2D eigenvalue weighted by Gasteiger charge is -2.15. The van der Waals surface area contributed by atoms with Gasteiger partial charge in [-0.1, -0.05) is 23.2 Å². The average molecular weight is 269 g/mol. The van der Waals surface area contributed by atoms with E-state index in [1.54, 1.807) is 19.2 Å². The standard InChI is InChI=1S/C10H12Cl3NO/c1-14(6-11)5-7-3-9(13)10(15-2)4-8(7)12/h3-4H,5-6H2,1-2H3. The van der Waals surface area contributed by atoms with Gasteiger partial charge in [-0.05, 0) is 18.7 Å². The predicted octanol–water partition coefficient (Wildman–Crippen LogP) is 3.63. The van der Waals surface area contributed by atoms with Crippen molar-refractivity contribution in [1.82, 2.24) is 4.90 Å². The maximum atomic E-state index is 6.07. The third kappa shape index (κ3) is 3.42. The number of halogens is 3. The van der Waals surface area contributed by atoms with E-state index in [0.717, 1.165) is 5.56 Å². The molecule has 1 rings (SSSR count). The lowest BCUT2D eigenvalue weighted by molar-refractivity contribution is 0.381. The molecule has 0 aliphatic rings. The highest BCUT2D eigenvalue weighted by molar-refractivity contribution is 6.34. The number of methoxy groups -OCH3 is 1. The Morgan fingerprint density at radius 2 is 1.93 bits per heavy atom. The number of alkyl halides is 1. The highest BCUT2D eigenvalue weighted by atomic mass is 35.5. The van der Waals surface area contributed by atoms with E-state index in [4.69, 9.17) is 39.5 Å². The summed E-state index contributed by atoms with van der Waals surface area (Å²) in [4.78, 5) is 1.92. The molecule has 0 atom stereocenters. The van der Waals surface area contributed by atoms with Crippen LogP contribution in [0.5, 0.6) is 5.75 Å². The van der Waals surface area contributed by atoms with Crippen molar-refractivity contribution < 1.29 is 4.74 Å². The minimum atomic E-state index is 0.444. The highest BCUT2D eigenvalue weighted by Gasteiger charge is 2.09. The highest BCUT2D eigenvalue weighted by Crippen LogP contribution is 2.31. The molecule has 0 bridgehead atoms. The van der Waals surface area contributed by atoms with E-state index in [1.807, 2.05) is 11.9 Å². The first-order chi connectivity index (χ1) is 7.08. The summed E-state index contributed by atoms with van der Waals surface area (Å²) in [5.41, 5.74) is 0.936. The van der Waals surface area contributed by atoms with Crippen LogP contribution in [0.15, 0.2) is 12.1 Å². The lowest BCUT2D eigenvalue weighted by Crippen LogP contribution is -2.15. The first kappa shape index (κ1) is 12.9. The molecule has 0 heterocycles. The molecular formula is C10H12Cl3NO. The van der Waals surface area contributed by atoms with E-state index in [-0.39, 0.29) is 0 Å². The molecule has 0 N–H and O–H groups in total. The van der Waals surface area contributed by atoms with Crippen LogP contribution in [0.25, 0.3) is 0 Å². The summed E-state index contributed by atoms with van der Waals surface area (Å²) in [5.74, 6) is 0.582. The fourth-order valence-electron chi connectivity index (χ4n) is 1.18. The maximum absolute atomic E-state index is 6.07.